The number of halogens is 1. The fourth-order valence-corrected chi connectivity index (χ4v) is 2.94. The van der Waals surface area contributed by atoms with Gasteiger partial charge in [-0.2, -0.15) is 0 Å². The van der Waals surface area contributed by atoms with Crippen molar-refractivity contribution in [2.75, 3.05) is 23.3 Å². The maximum absolute atomic E-state index is 13.6. The third-order valence-corrected chi connectivity index (χ3v) is 3.72. The van der Waals surface area contributed by atoms with Gasteiger partial charge in [0.15, 0.2) is 0 Å². The van der Waals surface area contributed by atoms with Gasteiger partial charge >= 0.3 is 0 Å². The van der Waals surface area contributed by atoms with E-state index in [0.717, 1.165) is 18.8 Å². The standard InChI is InChI=1S/C13H17FN2/c14-11-6-3-7-12-13(11)15-8-9-16(12)10-4-1-2-5-10/h3,6-7,10,15H,1-2,4-5,8-9H2. The molecule has 1 aliphatic carbocycles. The number of nitrogens with zero attached hydrogens (tertiary/aromatic N) is 1. The molecule has 16 heavy (non-hydrogen) atoms. The maximum atomic E-state index is 13.6. The molecule has 0 bridgehead atoms. The number of hydrogen-bond acceptors (Lipinski definition) is 2. The fourth-order valence-electron chi connectivity index (χ4n) is 2.94. The average Bonchev–Trinajstić information content (AvgIpc) is 2.82. The van der Waals surface area contributed by atoms with Crippen LogP contribution in [0.1, 0.15) is 25.7 Å². The molecule has 0 spiro atoms. The van der Waals surface area contributed by atoms with E-state index in [1.54, 1.807) is 0 Å². The Bertz CT molecular complexity index is 386. The molecule has 1 fully saturated rings. The molecule has 1 aliphatic heterocycles. The quantitative estimate of drug-likeness (QED) is 0.782. The van der Waals surface area contributed by atoms with Gasteiger partial charge in [-0.25, -0.2) is 4.39 Å². The summed E-state index contributed by atoms with van der Waals surface area (Å²) in [5.74, 6) is -0.125. The highest BCUT2D eigenvalue weighted by Gasteiger charge is 2.27. The van der Waals surface area contributed by atoms with Crippen LogP contribution in [0.3, 0.4) is 0 Å². The lowest BCUT2D eigenvalue weighted by Gasteiger charge is -2.36. The van der Waals surface area contributed by atoms with Crippen molar-refractivity contribution >= 4 is 11.4 Å². The van der Waals surface area contributed by atoms with Gasteiger partial charge < -0.3 is 10.2 Å². The Labute approximate surface area is 95.4 Å². The molecule has 1 aromatic carbocycles. The molecule has 3 heteroatoms. The topological polar surface area (TPSA) is 15.3 Å². The molecule has 2 aliphatic rings. The molecular formula is C13H17FN2. The van der Waals surface area contributed by atoms with Gasteiger partial charge in [0.2, 0.25) is 0 Å². The normalized spacial score (nSPS) is 20.7. The monoisotopic (exact) mass is 220 g/mol. The summed E-state index contributed by atoms with van der Waals surface area (Å²) in [6, 6.07) is 6.00. The molecule has 2 nitrogen and oxygen atoms in total. The van der Waals surface area contributed by atoms with Crippen LogP contribution in [0.15, 0.2) is 18.2 Å². The minimum atomic E-state index is -0.125. The SMILES string of the molecule is Fc1cccc2c1NCCN2C1CCCC1. The molecule has 0 saturated heterocycles. The first-order valence-electron chi connectivity index (χ1n) is 6.15. The summed E-state index contributed by atoms with van der Waals surface area (Å²) < 4.78 is 13.6. The lowest BCUT2D eigenvalue weighted by Crippen LogP contribution is -2.40. The number of nitrogens with one attached hydrogen (secondary N) is 1. The minimum Gasteiger partial charge on any atom is -0.379 e. The number of anilines is 2. The van der Waals surface area contributed by atoms with Crippen LogP contribution in [0, 0.1) is 5.82 Å². The maximum Gasteiger partial charge on any atom is 0.148 e. The number of para-hydroxylation sites is 1. The molecule has 1 saturated carbocycles. The summed E-state index contributed by atoms with van der Waals surface area (Å²) in [6.45, 7) is 1.85. The largest absolute Gasteiger partial charge is 0.379 e. The predicted molar refractivity (Wildman–Crippen MR) is 64.5 cm³/mol. The van der Waals surface area contributed by atoms with Crippen molar-refractivity contribution in [3.05, 3.63) is 24.0 Å². The summed E-state index contributed by atoms with van der Waals surface area (Å²) in [5, 5.41) is 3.17. The van der Waals surface area contributed by atoms with Gasteiger partial charge in [-0.3, -0.25) is 0 Å². The van der Waals surface area contributed by atoms with Gasteiger partial charge in [0.05, 0.1) is 11.4 Å². The van der Waals surface area contributed by atoms with E-state index in [9.17, 15) is 4.39 Å². The number of benzene rings is 1. The van der Waals surface area contributed by atoms with E-state index >= 15 is 0 Å². The highest BCUT2D eigenvalue weighted by atomic mass is 19.1. The lowest BCUT2D eigenvalue weighted by atomic mass is 10.1. The Hall–Kier alpha value is -1.25. The summed E-state index contributed by atoms with van der Waals surface area (Å²) >= 11 is 0. The van der Waals surface area contributed by atoms with Crippen LogP contribution in [0.5, 0.6) is 0 Å². The molecule has 1 aromatic rings. The van der Waals surface area contributed by atoms with E-state index in [1.165, 1.54) is 31.7 Å². The highest BCUT2D eigenvalue weighted by molar-refractivity contribution is 5.73. The summed E-state index contributed by atoms with van der Waals surface area (Å²) in [4.78, 5) is 2.39. The summed E-state index contributed by atoms with van der Waals surface area (Å²) in [5.41, 5.74) is 1.75. The smallest absolute Gasteiger partial charge is 0.148 e. The first-order valence-corrected chi connectivity index (χ1v) is 6.15. The van der Waals surface area contributed by atoms with Crippen molar-refractivity contribution in [2.45, 2.75) is 31.7 Å². The Balaban J connectivity index is 1.96. The molecule has 1 N–H and O–H groups in total. The number of hydrogen-bond donors (Lipinski definition) is 1. The molecular weight excluding hydrogens is 203 g/mol. The minimum absolute atomic E-state index is 0.125. The van der Waals surface area contributed by atoms with Crippen LogP contribution in [-0.4, -0.2) is 19.1 Å². The van der Waals surface area contributed by atoms with E-state index in [1.807, 2.05) is 12.1 Å². The number of fused-ring (bicyclic) bond motifs is 1. The first kappa shape index (κ1) is 9.94. The molecule has 0 atom stereocenters. The van der Waals surface area contributed by atoms with Gasteiger partial charge in [0.25, 0.3) is 0 Å². The zero-order valence-corrected chi connectivity index (χ0v) is 9.38. The summed E-state index contributed by atoms with van der Waals surface area (Å²) in [7, 11) is 0. The van der Waals surface area contributed by atoms with Gasteiger partial charge in [-0.15, -0.1) is 0 Å². The van der Waals surface area contributed by atoms with Crippen molar-refractivity contribution in [1.82, 2.24) is 0 Å². The van der Waals surface area contributed by atoms with Crippen LogP contribution in [0.4, 0.5) is 15.8 Å². The molecule has 0 unspecified atom stereocenters. The number of rotatable bonds is 1. The Morgan fingerprint density at radius 1 is 1.25 bits per heavy atom. The molecule has 0 amide bonds. The van der Waals surface area contributed by atoms with Crippen molar-refractivity contribution < 1.29 is 4.39 Å². The van der Waals surface area contributed by atoms with Crippen LogP contribution in [0.2, 0.25) is 0 Å². The van der Waals surface area contributed by atoms with Gasteiger partial charge in [-0.1, -0.05) is 18.9 Å². The van der Waals surface area contributed by atoms with E-state index < -0.39 is 0 Å². The third-order valence-electron chi connectivity index (χ3n) is 3.72. The Morgan fingerprint density at radius 2 is 2.06 bits per heavy atom. The molecule has 0 radical (unpaired) electrons. The van der Waals surface area contributed by atoms with Crippen LogP contribution >= 0.6 is 0 Å². The van der Waals surface area contributed by atoms with Crippen molar-refractivity contribution in [3.63, 3.8) is 0 Å². The second-order valence-corrected chi connectivity index (χ2v) is 4.69. The van der Waals surface area contributed by atoms with E-state index in [2.05, 4.69) is 10.2 Å². The highest BCUT2D eigenvalue weighted by Crippen LogP contribution is 2.36. The first-order chi connectivity index (χ1) is 7.86. The van der Waals surface area contributed by atoms with Gasteiger partial charge in [0.1, 0.15) is 5.82 Å². The van der Waals surface area contributed by atoms with E-state index in [-0.39, 0.29) is 5.82 Å². The third kappa shape index (κ3) is 1.55. The average molecular weight is 220 g/mol. The second kappa shape index (κ2) is 3.96. The Kier molecular flexibility index (Phi) is 2.46. The zero-order chi connectivity index (χ0) is 11.0. The molecule has 1 heterocycles. The van der Waals surface area contributed by atoms with Crippen LogP contribution in [-0.2, 0) is 0 Å². The van der Waals surface area contributed by atoms with E-state index in [0.29, 0.717) is 11.7 Å². The fraction of sp³-hybridized carbons (Fsp3) is 0.538. The molecule has 86 valence electrons. The van der Waals surface area contributed by atoms with Gasteiger partial charge in [0, 0.05) is 19.1 Å². The second-order valence-electron chi connectivity index (χ2n) is 4.69. The van der Waals surface area contributed by atoms with Crippen molar-refractivity contribution in [2.24, 2.45) is 0 Å². The zero-order valence-electron chi connectivity index (χ0n) is 9.38. The van der Waals surface area contributed by atoms with Crippen molar-refractivity contribution in [3.8, 4) is 0 Å². The summed E-state index contributed by atoms with van der Waals surface area (Å²) in [6.07, 6.45) is 5.16. The molecule has 3 rings (SSSR count). The molecule has 0 aromatic heterocycles. The van der Waals surface area contributed by atoms with Gasteiger partial charge in [-0.05, 0) is 25.0 Å². The van der Waals surface area contributed by atoms with E-state index in [4.69, 9.17) is 0 Å². The van der Waals surface area contributed by atoms with Crippen molar-refractivity contribution in [1.29, 1.82) is 0 Å². The lowest BCUT2D eigenvalue weighted by molar-refractivity contribution is 0.591. The predicted octanol–water partition coefficient (Wildman–Crippen LogP) is 3.00. The Morgan fingerprint density at radius 3 is 2.88 bits per heavy atom. The van der Waals surface area contributed by atoms with Crippen LogP contribution in [0.25, 0.3) is 0 Å². The van der Waals surface area contributed by atoms with Crippen LogP contribution < -0.4 is 10.2 Å².